The molecule has 0 aliphatic carbocycles. The topological polar surface area (TPSA) is 95.3 Å². The number of hydrogen-bond donors (Lipinski definition) is 3. The SMILES string of the molecule is O=C(O)[C@@H](CCO)Sc1nnc(Nc2cccc(Cl)c2)s1. The normalized spacial score (nSPS) is 12.1. The van der Waals surface area contributed by atoms with Gasteiger partial charge in [0.05, 0.1) is 0 Å². The number of anilines is 2. The summed E-state index contributed by atoms with van der Waals surface area (Å²) in [5.41, 5.74) is 0.778. The predicted octanol–water partition coefficient (Wildman–Crippen LogP) is 2.86. The number of nitrogens with zero attached hydrogens (tertiary/aromatic N) is 2. The highest BCUT2D eigenvalue weighted by atomic mass is 35.5. The maximum atomic E-state index is 11.0. The zero-order valence-corrected chi connectivity index (χ0v) is 13.1. The minimum absolute atomic E-state index is 0.163. The van der Waals surface area contributed by atoms with E-state index in [1.807, 2.05) is 12.1 Å². The molecule has 0 aliphatic heterocycles. The Labute approximate surface area is 134 Å². The Morgan fingerprint density at radius 3 is 2.95 bits per heavy atom. The summed E-state index contributed by atoms with van der Waals surface area (Å²) in [7, 11) is 0. The summed E-state index contributed by atoms with van der Waals surface area (Å²) in [6.45, 7) is -0.184. The van der Waals surface area contributed by atoms with E-state index in [9.17, 15) is 4.79 Å². The van der Waals surface area contributed by atoms with E-state index in [-0.39, 0.29) is 13.0 Å². The van der Waals surface area contributed by atoms with Crippen molar-refractivity contribution in [2.75, 3.05) is 11.9 Å². The lowest BCUT2D eigenvalue weighted by atomic mass is 10.3. The molecule has 0 saturated heterocycles. The van der Waals surface area contributed by atoms with Gasteiger partial charge in [-0.3, -0.25) is 4.79 Å². The Morgan fingerprint density at radius 2 is 2.29 bits per heavy atom. The van der Waals surface area contributed by atoms with E-state index in [0.29, 0.717) is 14.5 Å². The molecular formula is C12H12ClN3O3S2. The van der Waals surface area contributed by atoms with Crippen LogP contribution >= 0.6 is 34.7 Å². The van der Waals surface area contributed by atoms with Crippen LogP contribution in [-0.4, -0.2) is 38.2 Å². The molecule has 1 aromatic carbocycles. The molecule has 6 nitrogen and oxygen atoms in total. The standard InChI is InChI=1S/C12H12ClN3O3S2/c13-7-2-1-3-8(6-7)14-11-15-16-12(21-11)20-9(4-5-17)10(18)19/h1-3,6,9,17H,4-5H2,(H,14,15)(H,18,19)/t9-/m1/s1. The van der Waals surface area contributed by atoms with Crippen LogP contribution in [0, 0.1) is 0 Å². The first kappa shape index (κ1) is 16.0. The van der Waals surface area contributed by atoms with Crippen molar-refractivity contribution in [3.8, 4) is 0 Å². The minimum Gasteiger partial charge on any atom is -0.480 e. The van der Waals surface area contributed by atoms with Crippen molar-refractivity contribution >= 4 is 51.5 Å². The van der Waals surface area contributed by atoms with Gasteiger partial charge in [0, 0.05) is 17.3 Å². The van der Waals surface area contributed by atoms with Crippen LogP contribution in [-0.2, 0) is 4.79 Å². The van der Waals surface area contributed by atoms with Gasteiger partial charge in [-0.1, -0.05) is 40.8 Å². The number of aliphatic hydroxyl groups is 1. The van der Waals surface area contributed by atoms with Gasteiger partial charge in [-0.25, -0.2) is 0 Å². The number of aromatic nitrogens is 2. The molecule has 2 rings (SSSR count). The summed E-state index contributed by atoms with van der Waals surface area (Å²) in [5, 5.41) is 29.2. The van der Waals surface area contributed by atoms with Crippen LogP contribution in [0.15, 0.2) is 28.6 Å². The van der Waals surface area contributed by atoms with Crippen molar-refractivity contribution < 1.29 is 15.0 Å². The summed E-state index contributed by atoms with van der Waals surface area (Å²) in [6, 6.07) is 7.16. The van der Waals surface area contributed by atoms with Gasteiger partial charge in [-0.05, 0) is 24.6 Å². The number of aliphatic hydroxyl groups excluding tert-OH is 1. The molecule has 0 unspecified atom stereocenters. The molecule has 0 fully saturated rings. The first-order valence-electron chi connectivity index (χ1n) is 5.95. The Bertz CT molecular complexity index is 623. The van der Waals surface area contributed by atoms with Crippen LogP contribution in [0.1, 0.15) is 6.42 Å². The molecular weight excluding hydrogens is 334 g/mol. The molecule has 2 aromatic rings. The number of rotatable bonds is 7. The summed E-state index contributed by atoms with van der Waals surface area (Å²) in [5.74, 6) is -0.978. The lowest BCUT2D eigenvalue weighted by Crippen LogP contribution is -2.17. The molecule has 0 aliphatic rings. The maximum absolute atomic E-state index is 11.0. The Balaban J connectivity index is 2.02. The molecule has 0 saturated carbocycles. The fourth-order valence-electron chi connectivity index (χ4n) is 1.47. The van der Waals surface area contributed by atoms with E-state index < -0.39 is 11.2 Å². The van der Waals surface area contributed by atoms with Crippen molar-refractivity contribution in [2.45, 2.75) is 16.0 Å². The van der Waals surface area contributed by atoms with Crippen LogP contribution < -0.4 is 5.32 Å². The van der Waals surface area contributed by atoms with Gasteiger partial charge < -0.3 is 15.5 Å². The summed E-state index contributed by atoms with van der Waals surface area (Å²) in [4.78, 5) is 11.0. The predicted molar refractivity (Wildman–Crippen MR) is 83.6 cm³/mol. The Kier molecular flexibility index (Phi) is 5.80. The number of thioether (sulfide) groups is 1. The monoisotopic (exact) mass is 345 g/mol. The van der Waals surface area contributed by atoms with Crippen molar-refractivity contribution in [3.63, 3.8) is 0 Å². The number of carbonyl (C=O) groups is 1. The number of carboxylic acid groups (broad SMARTS) is 1. The number of halogens is 1. The lowest BCUT2D eigenvalue weighted by Gasteiger charge is -2.06. The van der Waals surface area contributed by atoms with Crippen molar-refractivity contribution in [1.82, 2.24) is 10.2 Å². The quantitative estimate of drug-likeness (QED) is 0.664. The number of hydrogen-bond acceptors (Lipinski definition) is 7. The van der Waals surface area contributed by atoms with E-state index in [1.165, 1.54) is 11.3 Å². The van der Waals surface area contributed by atoms with E-state index >= 15 is 0 Å². The molecule has 21 heavy (non-hydrogen) atoms. The zero-order valence-electron chi connectivity index (χ0n) is 10.7. The molecule has 9 heteroatoms. The van der Waals surface area contributed by atoms with Crippen molar-refractivity contribution in [2.24, 2.45) is 0 Å². The second kappa shape index (κ2) is 7.60. The van der Waals surface area contributed by atoms with E-state index in [2.05, 4.69) is 15.5 Å². The number of nitrogens with one attached hydrogen (secondary N) is 1. The molecule has 0 amide bonds. The van der Waals surface area contributed by atoms with Crippen LogP contribution in [0.3, 0.4) is 0 Å². The smallest absolute Gasteiger partial charge is 0.317 e. The molecule has 1 atom stereocenters. The minimum atomic E-state index is -0.978. The van der Waals surface area contributed by atoms with Gasteiger partial charge >= 0.3 is 5.97 Å². The van der Waals surface area contributed by atoms with E-state index in [0.717, 1.165) is 17.4 Å². The highest BCUT2D eigenvalue weighted by Crippen LogP contribution is 2.32. The fourth-order valence-corrected chi connectivity index (χ4v) is 3.59. The lowest BCUT2D eigenvalue weighted by molar-refractivity contribution is -0.136. The maximum Gasteiger partial charge on any atom is 0.317 e. The zero-order chi connectivity index (χ0) is 15.2. The van der Waals surface area contributed by atoms with Crippen LogP contribution in [0.25, 0.3) is 0 Å². The molecule has 0 radical (unpaired) electrons. The average molecular weight is 346 g/mol. The van der Waals surface area contributed by atoms with Crippen molar-refractivity contribution in [3.05, 3.63) is 29.3 Å². The third-order valence-corrected chi connectivity index (χ3v) is 4.80. The Morgan fingerprint density at radius 1 is 1.48 bits per heavy atom. The third-order valence-electron chi connectivity index (χ3n) is 2.39. The molecule has 3 N–H and O–H groups in total. The van der Waals surface area contributed by atoms with Gasteiger partial charge in [0.2, 0.25) is 5.13 Å². The van der Waals surface area contributed by atoms with Crippen molar-refractivity contribution in [1.29, 1.82) is 0 Å². The highest BCUT2D eigenvalue weighted by molar-refractivity contribution is 8.02. The van der Waals surface area contributed by atoms with Gasteiger partial charge in [0.15, 0.2) is 4.34 Å². The van der Waals surface area contributed by atoms with Crippen LogP contribution in [0.2, 0.25) is 5.02 Å². The highest BCUT2D eigenvalue weighted by Gasteiger charge is 2.20. The third kappa shape index (κ3) is 4.85. The van der Waals surface area contributed by atoms with Gasteiger partial charge in [0.25, 0.3) is 0 Å². The Hall–Kier alpha value is -1.35. The second-order valence-corrected chi connectivity index (χ2v) is 6.83. The second-order valence-electron chi connectivity index (χ2n) is 3.97. The van der Waals surface area contributed by atoms with E-state index in [1.54, 1.807) is 12.1 Å². The molecule has 0 bridgehead atoms. The molecule has 112 valence electrons. The summed E-state index contributed by atoms with van der Waals surface area (Å²) in [6.07, 6.45) is 0.163. The first-order chi connectivity index (χ1) is 10.1. The van der Waals surface area contributed by atoms with Gasteiger partial charge in [0.1, 0.15) is 5.25 Å². The first-order valence-corrected chi connectivity index (χ1v) is 8.02. The fraction of sp³-hybridized carbons (Fsp3) is 0.250. The summed E-state index contributed by atoms with van der Waals surface area (Å²) < 4.78 is 0.528. The molecule has 1 heterocycles. The van der Waals surface area contributed by atoms with E-state index in [4.69, 9.17) is 21.8 Å². The summed E-state index contributed by atoms with van der Waals surface area (Å²) >= 11 is 8.21. The largest absolute Gasteiger partial charge is 0.480 e. The molecule has 0 spiro atoms. The number of carboxylic acids is 1. The van der Waals surface area contributed by atoms with Crippen LogP contribution in [0.4, 0.5) is 10.8 Å². The van der Waals surface area contributed by atoms with Gasteiger partial charge in [-0.15, -0.1) is 10.2 Å². The average Bonchev–Trinajstić information content (AvgIpc) is 2.85. The number of aliphatic carboxylic acids is 1. The molecule has 1 aromatic heterocycles. The number of benzene rings is 1. The van der Waals surface area contributed by atoms with Gasteiger partial charge in [-0.2, -0.15) is 0 Å². The van der Waals surface area contributed by atoms with Crippen LogP contribution in [0.5, 0.6) is 0 Å².